The Bertz CT molecular complexity index is 587. The average Bonchev–Trinajstić information content (AvgIpc) is 2.37. The first kappa shape index (κ1) is 15.4. The SMILES string of the molecule is C=CCOC(=O)Nc1c(Cl)cc(C(=O)O)cc1[N+](=O)[O-]. The largest absolute Gasteiger partial charge is 0.478 e. The van der Waals surface area contributed by atoms with E-state index in [9.17, 15) is 19.7 Å². The van der Waals surface area contributed by atoms with E-state index in [4.69, 9.17) is 16.7 Å². The zero-order valence-electron chi connectivity index (χ0n) is 9.96. The van der Waals surface area contributed by atoms with Gasteiger partial charge in [0.1, 0.15) is 12.3 Å². The summed E-state index contributed by atoms with van der Waals surface area (Å²) in [5.41, 5.74) is -1.35. The highest BCUT2D eigenvalue weighted by atomic mass is 35.5. The summed E-state index contributed by atoms with van der Waals surface area (Å²) in [6.45, 7) is 3.24. The van der Waals surface area contributed by atoms with Crippen LogP contribution in [0.25, 0.3) is 0 Å². The summed E-state index contributed by atoms with van der Waals surface area (Å²) in [6.07, 6.45) is 0.335. The lowest BCUT2D eigenvalue weighted by Gasteiger charge is -2.08. The standard InChI is InChI=1S/C11H9ClN2O6/c1-2-3-20-11(17)13-9-7(12)4-6(10(15)16)5-8(9)14(18)19/h2,4-5H,1,3H2,(H,13,17)(H,15,16). The van der Waals surface area contributed by atoms with Crippen molar-refractivity contribution in [1.82, 2.24) is 0 Å². The number of carbonyl (C=O) groups excluding carboxylic acids is 1. The summed E-state index contributed by atoms with van der Waals surface area (Å²) in [7, 11) is 0. The van der Waals surface area contributed by atoms with Gasteiger partial charge >= 0.3 is 12.1 Å². The van der Waals surface area contributed by atoms with Crippen LogP contribution in [0.5, 0.6) is 0 Å². The summed E-state index contributed by atoms with van der Waals surface area (Å²) in [4.78, 5) is 32.2. The Morgan fingerprint density at radius 3 is 2.70 bits per heavy atom. The molecule has 0 radical (unpaired) electrons. The third-order valence-electron chi connectivity index (χ3n) is 2.07. The molecule has 106 valence electrons. The van der Waals surface area contributed by atoms with Crippen molar-refractivity contribution in [1.29, 1.82) is 0 Å². The Balaban J connectivity index is 3.17. The van der Waals surface area contributed by atoms with Crippen molar-refractivity contribution in [3.63, 3.8) is 0 Å². The highest BCUT2D eigenvalue weighted by molar-refractivity contribution is 6.34. The van der Waals surface area contributed by atoms with Gasteiger partial charge in [0.15, 0.2) is 0 Å². The van der Waals surface area contributed by atoms with Crippen LogP contribution in [-0.2, 0) is 4.74 Å². The number of nitro groups is 1. The van der Waals surface area contributed by atoms with Crippen molar-refractivity contribution in [2.75, 3.05) is 11.9 Å². The maximum atomic E-state index is 11.3. The van der Waals surface area contributed by atoms with Gasteiger partial charge in [-0.1, -0.05) is 24.3 Å². The van der Waals surface area contributed by atoms with Gasteiger partial charge in [-0.05, 0) is 6.07 Å². The molecule has 1 rings (SSSR count). The second-order valence-electron chi connectivity index (χ2n) is 3.43. The molecule has 0 aromatic heterocycles. The molecule has 2 N–H and O–H groups in total. The lowest BCUT2D eigenvalue weighted by atomic mass is 10.1. The fourth-order valence-corrected chi connectivity index (χ4v) is 1.52. The number of benzene rings is 1. The summed E-state index contributed by atoms with van der Waals surface area (Å²) < 4.78 is 4.60. The first-order valence-electron chi connectivity index (χ1n) is 5.12. The minimum absolute atomic E-state index is 0.0928. The van der Waals surface area contributed by atoms with Crippen molar-refractivity contribution in [3.05, 3.63) is 45.5 Å². The number of nitrogens with one attached hydrogen (secondary N) is 1. The number of ether oxygens (including phenoxy) is 1. The van der Waals surface area contributed by atoms with Crippen molar-refractivity contribution in [2.45, 2.75) is 0 Å². The average molecular weight is 301 g/mol. The molecule has 0 unspecified atom stereocenters. The molecule has 0 saturated heterocycles. The maximum absolute atomic E-state index is 11.3. The van der Waals surface area contributed by atoms with Gasteiger partial charge in [0, 0.05) is 6.07 Å². The van der Waals surface area contributed by atoms with E-state index in [0.29, 0.717) is 0 Å². The van der Waals surface area contributed by atoms with E-state index in [1.807, 2.05) is 0 Å². The normalized spacial score (nSPS) is 9.65. The number of hydrogen-bond donors (Lipinski definition) is 2. The lowest BCUT2D eigenvalue weighted by Crippen LogP contribution is -2.15. The van der Waals surface area contributed by atoms with Gasteiger partial charge in [0.05, 0.1) is 15.5 Å². The van der Waals surface area contributed by atoms with Crippen LogP contribution in [0, 0.1) is 10.1 Å². The van der Waals surface area contributed by atoms with Crippen LogP contribution in [0.15, 0.2) is 24.8 Å². The molecule has 0 saturated carbocycles. The molecular weight excluding hydrogens is 292 g/mol. The first-order valence-corrected chi connectivity index (χ1v) is 5.50. The number of nitrogens with zero attached hydrogens (tertiary/aromatic N) is 1. The molecular formula is C11H9ClN2O6. The molecule has 0 spiro atoms. The third kappa shape index (κ3) is 3.69. The maximum Gasteiger partial charge on any atom is 0.412 e. The molecule has 1 amide bonds. The van der Waals surface area contributed by atoms with Gasteiger partial charge in [-0.25, -0.2) is 9.59 Å². The van der Waals surface area contributed by atoms with Crippen molar-refractivity contribution in [2.24, 2.45) is 0 Å². The van der Waals surface area contributed by atoms with Crippen LogP contribution < -0.4 is 5.32 Å². The fraction of sp³-hybridized carbons (Fsp3) is 0.0909. The molecule has 0 aliphatic heterocycles. The van der Waals surface area contributed by atoms with Gasteiger partial charge in [0.2, 0.25) is 0 Å². The molecule has 0 atom stereocenters. The second kappa shape index (κ2) is 6.53. The van der Waals surface area contributed by atoms with Crippen molar-refractivity contribution in [3.8, 4) is 0 Å². The molecule has 0 heterocycles. The summed E-state index contributed by atoms with van der Waals surface area (Å²) in [5.74, 6) is -1.38. The van der Waals surface area contributed by atoms with Gasteiger partial charge in [-0.15, -0.1) is 0 Å². The third-order valence-corrected chi connectivity index (χ3v) is 2.37. The van der Waals surface area contributed by atoms with Crippen LogP contribution in [0.4, 0.5) is 16.2 Å². The summed E-state index contributed by atoms with van der Waals surface area (Å²) in [6, 6.07) is 1.78. The van der Waals surface area contributed by atoms with Crippen LogP contribution in [-0.4, -0.2) is 28.7 Å². The fourth-order valence-electron chi connectivity index (χ4n) is 1.26. The number of carboxylic acids is 1. The lowest BCUT2D eigenvalue weighted by molar-refractivity contribution is -0.383. The van der Waals surface area contributed by atoms with Crippen LogP contribution in [0.1, 0.15) is 10.4 Å². The van der Waals surface area contributed by atoms with E-state index in [2.05, 4.69) is 16.6 Å². The summed E-state index contributed by atoms with van der Waals surface area (Å²) >= 11 is 5.74. The predicted octanol–water partition coefficient (Wildman–Crippen LogP) is 2.68. The minimum atomic E-state index is -1.38. The second-order valence-corrected chi connectivity index (χ2v) is 3.83. The van der Waals surface area contributed by atoms with Crippen molar-refractivity contribution < 1.29 is 24.4 Å². The van der Waals surface area contributed by atoms with Gasteiger partial charge < -0.3 is 9.84 Å². The molecule has 20 heavy (non-hydrogen) atoms. The molecule has 1 aromatic carbocycles. The van der Waals surface area contributed by atoms with Crippen molar-refractivity contribution >= 4 is 35.0 Å². The highest BCUT2D eigenvalue weighted by Gasteiger charge is 2.23. The number of rotatable bonds is 5. The number of amides is 1. The Kier molecular flexibility index (Phi) is 5.04. The first-order chi connectivity index (χ1) is 9.36. The molecule has 0 aliphatic rings. The number of carbonyl (C=O) groups is 2. The monoisotopic (exact) mass is 300 g/mol. The highest BCUT2D eigenvalue weighted by Crippen LogP contribution is 2.34. The topological polar surface area (TPSA) is 119 Å². The van der Waals surface area contributed by atoms with E-state index in [-0.39, 0.29) is 22.9 Å². The van der Waals surface area contributed by atoms with Gasteiger partial charge in [-0.2, -0.15) is 0 Å². The molecule has 0 fully saturated rings. The quantitative estimate of drug-likeness (QED) is 0.490. The van der Waals surface area contributed by atoms with E-state index >= 15 is 0 Å². The molecule has 9 heteroatoms. The Morgan fingerprint density at radius 2 is 2.20 bits per heavy atom. The van der Waals surface area contributed by atoms with Crippen LogP contribution in [0.2, 0.25) is 5.02 Å². The smallest absolute Gasteiger partial charge is 0.412 e. The van der Waals surface area contributed by atoms with E-state index in [0.717, 1.165) is 12.1 Å². The predicted molar refractivity (Wildman–Crippen MR) is 70.2 cm³/mol. The Morgan fingerprint density at radius 1 is 1.55 bits per heavy atom. The number of hydrogen-bond acceptors (Lipinski definition) is 5. The van der Waals surface area contributed by atoms with Gasteiger partial charge in [0.25, 0.3) is 5.69 Å². The van der Waals surface area contributed by atoms with Gasteiger partial charge in [-0.3, -0.25) is 15.4 Å². The molecule has 8 nitrogen and oxygen atoms in total. The number of halogens is 1. The minimum Gasteiger partial charge on any atom is -0.478 e. The zero-order valence-corrected chi connectivity index (χ0v) is 10.7. The summed E-state index contributed by atoms with van der Waals surface area (Å²) in [5, 5.41) is 21.5. The Hall–Kier alpha value is -2.61. The van der Waals surface area contributed by atoms with E-state index in [1.54, 1.807) is 0 Å². The number of anilines is 1. The molecule has 0 bridgehead atoms. The van der Waals surface area contributed by atoms with Crippen LogP contribution in [0.3, 0.4) is 0 Å². The van der Waals surface area contributed by atoms with E-state index in [1.165, 1.54) is 6.08 Å². The number of aromatic carboxylic acids is 1. The Labute approximate surface area is 117 Å². The van der Waals surface area contributed by atoms with Crippen LogP contribution >= 0.6 is 11.6 Å². The molecule has 0 aliphatic carbocycles. The molecule has 1 aromatic rings. The number of nitro benzene ring substituents is 1. The number of carboxylic acid groups (broad SMARTS) is 1. The van der Waals surface area contributed by atoms with E-state index < -0.39 is 22.7 Å². The zero-order chi connectivity index (χ0) is 15.3.